The van der Waals surface area contributed by atoms with Crippen LogP contribution in [0.15, 0.2) is 364 Å². The zero-order valence-corrected chi connectivity index (χ0v) is 58.6. The lowest BCUT2D eigenvalue weighted by molar-refractivity contribution is 1.29. The van der Waals surface area contributed by atoms with Gasteiger partial charge in [0.1, 0.15) is 0 Å². The number of nitriles is 2. The third kappa shape index (κ3) is 9.12. The van der Waals surface area contributed by atoms with Crippen molar-refractivity contribution in [2.45, 2.75) is 0 Å². The Morgan fingerprint density at radius 3 is 0.833 bits per heavy atom. The van der Waals surface area contributed by atoms with Gasteiger partial charge in [0.05, 0.1) is 23.3 Å². The molecule has 0 unspecified atom stereocenters. The molecule has 494 valence electrons. The van der Waals surface area contributed by atoms with Gasteiger partial charge in [0.25, 0.3) is 0 Å². The third-order valence-corrected chi connectivity index (χ3v) is 23.4. The molecule has 0 aliphatic carbocycles. The van der Waals surface area contributed by atoms with Crippen LogP contribution in [0.4, 0.5) is 34.1 Å². The Morgan fingerprint density at radius 2 is 0.509 bits per heavy atom. The van der Waals surface area contributed by atoms with Crippen LogP contribution in [0.2, 0.25) is 0 Å². The smallest absolute Gasteiger partial charge is 0.248 e. The molecule has 0 N–H and O–H groups in total. The van der Waals surface area contributed by atoms with Crippen molar-refractivity contribution < 1.29 is 0 Å². The second-order valence-corrected chi connectivity index (χ2v) is 29.0. The van der Waals surface area contributed by atoms with Crippen LogP contribution < -0.4 is 42.6 Å². The van der Waals surface area contributed by atoms with Crippen molar-refractivity contribution in [3.05, 3.63) is 375 Å². The van der Waals surface area contributed by atoms with E-state index in [-0.39, 0.29) is 13.4 Å². The number of para-hydroxylation sites is 4. The molecular formula is C102H60B2N4. The second kappa shape index (κ2) is 24.1. The molecule has 108 heavy (non-hydrogen) atoms. The fourth-order valence-electron chi connectivity index (χ4n) is 19.0. The Bertz CT molecular complexity index is 6320. The summed E-state index contributed by atoms with van der Waals surface area (Å²) in [6.07, 6.45) is 0. The van der Waals surface area contributed by atoms with E-state index in [0.29, 0.717) is 11.1 Å². The predicted octanol–water partition coefficient (Wildman–Crippen LogP) is 22.2. The molecule has 0 fully saturated rings. The Kier molecular flexibility index (Phi) is 13.7. The number of rotatable bonds is 10. The van der Waals surface area contributed by atoms with Crippen molar-refractivity contribution in [3.8, 4) is 123 Å². The molecule has 18 aromatic rings. The number of fused-ring (bicyclic) bond motifs is 8. The summed E-state index contributed by atoms with van der Waals surface area (Å²) < 4.78 is 0. The summed E-state index contributed by atoms with van der Waals surface area (Å²) in [6.45, 7) is -0.570. The molecule has 18 aromatic carbocycles. The van der Waals surface area contributed by atoms with Gasteiger partial charge in [0, 0.05) is 34.1 Å². The average molecular weight is 1360 g/mol. The van der Waals surface area contributed by atoms with Crippen molar-refractivity contribution in [3.63, 3.8) is 0 Å². The molecule has 0 bridgehead atoms. The van der Waals surface area contributed by atoms with Crippen molar-refractivity contribution in [1.29, 1.82) is 10.5 Å². The van der Waals surface area contributed by atoms with E-state index in [4.69, 9.17) is 0 Å². The van der Waals surface area contributed by atoms with Gasteiger partial charge >= 0.3 is 0 Å². The molecule has 4 heterocycles. The highest BCUT2D eigenvalue weighted by Crippen LogP contribution is 2.57. The molecule has 0 aromatic heterocycles. The largest absolute Gasteiger partial charge is 0.311 e. The molecule has 4 aliphatic rings. The van der Waals surface area contributed by atoms with Crippen molar-refractivity contribution in [2.75, 3.05) is 9.80 Å². The number of benzene rings is 18. The Morgan fingerprint density at radius 1 is 0.213 bits per heavy atom. The minimum absolute atomic E-state index is 0.285. The molecule has 0 atom stereocenters. The van der Waals surface area contributed by atoms with E-state index in [1.165, 1.54) is 32.6 Å². The van der Waals surface area contributed by atoms with Gasteiger partial charge in [-0.1, -0.05) is 278 Å². The first-order valence-corrected chi connectivity index (χ1v) is 37.1. The van der Waals surface area contributed by atoms with E-state index in [1.54, 1.807) is 0 Å². The highest BCUT2D eigenvalue weighted by molar-refractivity contribution is 7.02. The second-order valence-electron chi connectivity index (χ2n) is 29.0. The van der Waals surface area contributed by atoms with Gasteiger partial charge in [-0.15, -0.1) is 0 Å². The van der Waals surface area contributed by atoms with Gasteiger partial charge in [-0.3, -0.25) is 0 Å². The van der Waals surface area contributed by atoms with Gasteiger partial charge in [0.2, 0.25) is 13.4 Å². The normalized spacial score (nSPS) is 12.5. The minimum atomic E-state index is -0.285. The van der Waals surface area contributed by atoms with Gasteiger partial charge in [-0.25, -0.2) is 0 Å². The Hall–Kier alpha value is -14.3. The Balaban J connectivity index is 1.01. The van der Waals surface area contributed by atoms with E-state index < -0.39 is 0 Å². The van der Waals surface area contributed by atoms with E-state index in [1.807, 2.05) is 0 Å². The summed E-state index contributed by atoms with van der Waals surface area (Å²) in [4.78, 5) is 4.81. The summed E-state index contributed by atoms with van der Waals surface area (Å²) in [5.74, 6) is 0. The van der Waals surface area contributed by atoms with Crippen LogP contribution in [0.1, 0.15) is 11.1 Å². The van der Waals surface area contributed by atoms with Crippen molar-refractivity contribution >= 4 is 113 Å². The number of nitrogens with zero attached hydrogens (tertiary/aromatic N) is 4. The topological polar surface area (TPSA) is 54.1 Å². The van der Waals surface area contributed by atoms with Crippen LogP contribution in [0.5, 0.6) is 0 Å². The minimum Gasteiger partial charge on any atom is -0.311 e. The maximum absolute atomic E-state index is 11.7. The van der Waals surface area contributed by atoms with Gasteiger partial charge in [-0.05, 0) is 262 Å². The first-order chi connectivity index (χ1) is 53.5. The Labute approximate surface area is 627 Å². The lowest BCUT2D eigenvalue weighted by Gasteiger charge is -2.42. The summed E-state index contributed by atoms with van der Waals surface area (Å²) >= 11 is 0. The van der Waals surface area contributed by atoms with Crippen molar-refractivity contribution in [1.82, 2.24) is 0 Å². The lowest BCUT2D eigenvalue weighted by Crippen LogP contribution is -2.60. The van der Waals surface area contributed by atoms with Crippen LogP contribution in [-0.2, 0) is 0 Å². The first kappa shape index (κ1) is 61.2. The van der Waals surface area contributed by atoms with Crippen LogP contribution in [0.25, 0.3) is 144 Å². The fraction of sp³-hybridized carbons (Fsp3) is 0. The van der Waals surface area contributed by atoms with Crippen LogP contribution >= 0.6 is 0 Å². The first-order valence-electron chi connectivity index (χ1n) is 37.1. The molecular weight excluding hydrogens is 1300 g/mol. The average Bonchev–Trinajstić information content (AvgIpc) is 0.662. The molecule has 0 radical (unpaired) electrons. The number of hydrogen-bond donors (Lipinski definition) is 0. The monoisotopic (exact) mass is 1360 g/mol. The summed E-state index contributed by atoms with van der Waals surface area (Å²) in [7, 11) is 0. The summed E-state index contributed by atoms with van der Waals surface area (Å²) in [5.41, 5.74) is 36.4. The standard InChI is InChI=1S/C102H60B2N4/c105-61-63-49-85-81-57-79(95-75(67-33-13-3-14-34-67)53-71(65-29-9-1-10-30-65)54-76(95)68-35-15-4-16-36-68)83-59-89-98-82(86-50-64(62-106)52-94-102(86)103(89)87-45-25-27-47-91(87)108(94)74-43-23-8-24-44-74)58-80(96-77(69-37-17-5-18-38-69)55-72(66-31-11-2-12-32-66)56-78(96)70-39-19-6-20-40-70)84-60-90(97(81)99(83)100(84)98)104-88-46-26-28-48-92(88)107(93(51-63)101(85)104)73-41-21-7-22-42-73/h1-60H. The highest BCUT2D eigenvalue weighted by Gasteiger charge is 2.47. The predicted molar refractivity (Wildman–Crippen MR) is 453 cm³/mol. The van der Waals surface area contributed by atoms with E-state index in [2.05, 4.69) is 386 Å². The van der Waals surface area contributed by atoms with E-state index >= 15 is 0 Å². The van der Waals surface area contributed by atoms with Crippen molar-refractivity contribution in [2.24, 2.45) is 0 Å². The van der Waals surface area contributed by atoms with Crippen LogP contribution in [0, 0.1) is 22.7 Å². The molecule has 0 saturated carbocycles. The molecule has 6 heteroatoms. The molecule has 4 nitrogen and oxygen atoms in total. The maximum Gasteiger partial charge on any atom is 0.248 e. The zero-order valence-electron chi connectivity index (χ0n) is 58.6. The van der Waals surface area contributed by atoms with Gasteiger partial charge in [-0.2, -0.15) is 10.5 Å². The third-order valence-electron chi connectivity index (χ3n) is 23.4. The summed E-state index contributed by atoms with van der Waals surface area (Å²) in [6, 6.07) is 139. The van der Waals surface area contributed by atoms with E-state index in [9.17, 15) is 10.5 Å². The molecule has 22 rings (SSSR count). The maximum atomic E-state index is 11.7. The molecule has 4 aliphatic heterocycles. The summed E-state index contributed by atoms with van der Waals surface area (Å²) in [5, 5.41) is 30.3. The SMILES string of the molecule is N#Cc1cc2c3c(c1)N(c1ccccc1)c1ccccc1B3c1cc3c(-c4c(-c5ccccc5)cc(-c5ccccc5)cc4-c4ccccc4)cc4c5c(cc6c(-c7c(-c8ccccc8)cc(-c8ccccc8)cc7-c7ccccc7)cc-2c1c6c35)B1c2ccccc2N(c2ccccc2)c2cc(C#N)cc-4c21. The van der Waals surface area contributed by atoms with Crippen LogP contribution in [-0.4, -0.2) is 13.4 Å². The molecule has 0 saturated heterocycles. The van der Waals surface area contributed by atoms with E-state index in [0.717, 1.165) is 178 Å². The number of hydrogen-bond acceptors (Lipinski definition) is 4. The molecule has 0 spiro atoms. The van der Waals surface area contributed by atoms with Crippen LogP contribution in [0.3, 0.4) is 0 Å². The lowest BCUT2D eigenvalue weighted by atomic mass is 9.31. The molecule has 0 amide bonds. The highest BCUT2D eigenvalue weighted by atomic mass is 15.2. The fourth-order valence-corrected chi connectivity index (χ4v) is 19.0. The van der Waals surface area contributed by atoms with Gasteiger partial charge < -0.3 is 9.80 Å². The quantitative estimate of drug-likeness (QED) is 0.101. The number of anilines is 6. The van der Waals surface area contributed by atoms with Gasteiger partial charge in [0.15, 0.2) is 0 Å². The zero-order chi connectivity index (χ0) is 71.2.